The van der Waals surface area contributed by atoms with Crippen LogP contribution in [0.5, 0.6) is 0 Å². The third-order valence-corrected chi connectivity index (χ3v) is 4.10. The second-order valence-electron chi connectivity index (χ2n) is 6.81. The first kappa shape index (κ1) is 15.0. The maximum atomic E-state index is 9.87. The second kappa shape index (κ2) is 6.38. The van der Waals surface area contributed by atoms with E-state index in [1.54, 1.807) is 5.57 Å². The summed E-state index contributed by atoms with van der Waals surface area (Å²) in [6, 6.07) is 0. The Bertz CT molecular complexity index is 310. The highest BCUT2D eigenvalue weighted by Gasteiger charge is 2.26. The van der Waals surface area contributed by atoms with Crippen LogP contribution in [0.25, 0.3) is 0 Å². The molecule has 0 amide bonds. The van der Waals surface area contributed by atoms with Gasteiger partial charge in [-0.05, 0) is 51.9 Å². The quantitative estimate of drug-likeness (QED) is 0.778. The summed E-state index contributed by atoms with van der Waals surface area (Å²) in [6.07, 6.45) is 7.84. The third kappa shape index (κ3) is 4.90. The van der Waals surface area contributed by atoms with Crippen molar-refractivity contribution in [1.82, 2.24) is 0 Å². The Labute approximate surface area is 117 Å². The SMILES string of the molecule is CC(CC1=CCC(CC(C)(C)O)CC1)C1OCCO1. The highest BCUT2D eigenvalue weighted by atomic mass is 16.7. The molecule has 2 unspecified atom stereocenters. The van der Waals surface area contributed by atoms with Gasteiger partial charge < -0.3 is 14.6 Å². The monoisotopic (exact) mass is 268 g/mol. The summed E-state index contributed by atoms with van der Waals surface area (Å²) >= 11 is 0. The number of aliphatic hydroxyl groups is 1. The van der Waals surface area contributed by atoms with Gasteiger partial charge in [0.2, 0.25) is 0 Å². The minimum atomic E-state index is -0.533. The van der Waals surface area contributed by atoms with E-state index in [1.165, 1.54) is 6.42 Å². The zero-order valence-corrected chi connectivity index (χ0v) is 12.5. The van der Waals surface area contributed by atoms with Crippen LogP contribution >= 0.6 is 0 Å². The van der Waals surface area contributed by atoms with Crippen LogP contribution in [0.15, 0.2) is 11.6 Å². The summed E-state index contributed by atoms with van der Waals surface area (Å²) in [5, 5.41) is 9.87. The van der Waals surface area contributed by atoms with Gasteiger partial charge in [-0.25, -0.2) is 0 Å². The zero-order valence-electron chi connectivity index (χ0n) is 12.5. The van der Waals surface area contributed by atoms with Crippen LogP contribution in [0.2, 0.25) is 0 Å². The average Bonchev–Trinajstić information content (AvgIpc) is 2.83. The van der Waals surface area contributed by atoms with Crippen molar-refractivity contribution in [1.29, 1.82) is 0 Å². The second-order valence-corrected chi connectivity index (χ2v) is 6.81. The Hall–Kier alpha value is -0.380. The first-order valence-corrected chi connectivity index (χ1v) is 7.57. The third-order valence-electron chi connectivity index (χ3n) is 4.10. The standard InChI is InChI=1S/C16H28O3/c1-12(15-18-8-9-19-15)10-13-4-6-14(7-5-13)11-16(2,3)17/h4,12,14-15,17H,5-11H2,1-3H3. The molecule has 0 radical (unpaired) electrons. The van der Waals surface area contributed by atoms with E-state index in [2.05, 4.69) is 13.0 Å². The van der Waals surface area contributed by atoms with E-state index in [0.717, 1.165) is 38.9 Å². The maximum absolute atomic E-state index is 9.87. The summed E-state index contributed by atoms with van der Waals surface area (Å²) in [5.74, 6) is 1.08. The summed E-state index contributed by atoms with van der Waals surface area (Å²) < 4.78 is 11.1. The Balaban J connectivity index is 1.77. The predicted octanol–water partition coefficient (Wildman–Crippen LogP) is 3.27. The van der Waals surface area contributed by atoms with Crippen LogP contribution in [-0.4, -0.2) is 30.2 Å². The van der Waals surface area contributed by atoms with Gasteiger partial charge in [0.05, 0.1) is 18.8 Å². The molecule has 110 valence electrons. The van der Waals surface area contributed by atoms with Gasteiger partial charge in [0, 0.05) is 5.92 Å². The largest absolute Gasteiger partial charge is 0.390 e. The van der Waals surface area contributed by atoms with Crippen LogP contribution in [0.3, 0.4) is 0 Å². The summed E-state index contributed by atoms with van der Waals surface area (Å²) in [5.41, 5.74) is 1.01. The van der Waals surface area contributed by atoms with Crippen molar-refractivity contribution in [2.75, 3.05) is 13.2 Å². The highest BCUT2D eigenvalue weighted by molar-refractivity contribution is 5.08. The average molecular weight is 268 g/mol. The van der Waals surface area contributed by atoms with Crippen LogP contribution in [0.1, 0.15) is 52.9 Å². The van der Waals surface area contributed by atoms with Crippen molar-refractivity contribution < 1.29 is 14.6 Å². The lowest BCUT2D eigenvalue weighted by Crippen LogP contribution is -2.24. The molecule has 2 rings (SSSR count). The minimum absolute atomic E-state index is 0.00463. The van der Waals surface area contributed by atoms with E-state index in [0.29, 0.717) is 11.8 Å². The van der Waals surface area contributed by atoms with Crippen LogP contribution < -0.4 is 0 Å². The van der Waals surface area contributed by atoms with Crippen molar-refractivity contribution >= 4 is 0 Å². The molecule has 3 nitrogen and oxygen atoms in total. The Morgan fingerprint density at radius 2 is 2.05 bits per heavy atom. The van der Waals surface area contributed by atoms with Gasteiger partial charge in [0.1, 0.15) is 0 Å². The molecule has 1 N–H and O–H groups in total. The molecular weight excluding hydrogens is 240 g/mol. The van der Waals surface area contributed by atoms with Gasteiger partial charge in [-0.15, -0.1) is 0 Å². The van der Waals surface area contributed by atoms with E-state index in [4.69, 9.17) is 9.47 Å². The van der Waals surface area contributed by atoms with Gasteiger partial charge in [-0.3, -0.25) is 0 Å². The van der Waals surface area contributed by atoms with Crippen molar-refractivity contribution in [3.8, 4) is 0 Å². The fourth-order valence-corrected chi connectivity index (χ4v) is 3.23. The van der Waals surface area contributed by atoms with Crippen LogP contribution in [-0.2, 0) is 9.47 Å². The van der Waals surface area contributed by atoms with Gasteiger partial charge >= 0.3 is 0 Å². The molecule has 0 bridgehead atoms. The van der Waals surface area contributed by atoms with Crippen LogP contribution in [0.4, 0.5) is 0 Å². The van der Waals surface area contributed by atoms with Crippen molar-refractivity contribution in [2.45, 2.75) is 64.8 Å². The molecule has 1 aliphatic carbocycles. The lowest BCUT2D eigenvalue weighted by atomic mass is 9.81. The summed E-state index contributed by atoms with van der Waals surface area (Å²) in [6.45, 7) is 7.50. The first-order chi connectivity index (χ1) is 8.94. The first-order valence-electron chi connectivity index (χ1n) is 7.57. The molecule has 1 aliphatic heterocycles. The summed E-state index contributed by atoms with van der Waals surface area (Å²) in [4.78, 5) is 0. The van der Waals surface area contributed by atoms with Gasteiger partial charge in [-0.2, -0.15) is 0 Å². The van der Waals surface area contributed by atoms with E-state index in [1.807, 2.05) is 13.8 Å². The Kier molecular flexibility index (Phi) is 5.04. The molecule has 0 aromatic rings. The van der Waals surface area contributed by atoms with Gasteiger partial charge in [0.25, 0.3) is 0 Å². The lowest BCUT2D eigenvalue weighted by Gasteiger charge is -2.29. The Morgan fingerprint density at radius 3 is 2.58 bits per heavy atom. The minimum Gasteiger partial charge on any atom is -0.390 e. The lowest BCUT2D eigenvalue weighted by molar-refractivity contribution is -0.0782. The maximum Gasteiger partial charge on any atom is 0.160 e. The van der Waals surface area contributed by atoms with E-state index < -0.39 is 5.60 Å². The number of allylic oxidation sites excluding steroid dienone is 2. The van der Waals surface area contributed by atoms with Crippen molar-refractivity contribution in [3.63, 3.8) is 0 Å². The summed E-state index contributed by atoms with van der Waals surface area (Å²) in [7, 11) is 0. The van der Waals surface area contributed by atoms with E-state index in [-0.39, 0.29) is 6.29 Å². The number of hydrogen-bond donors (Lipinski definition) is 1. The van der Waals surface area contributed by atoms with Crippen molar-refractivity contribution in [2.24, 2.45) is 11.8 Å². The molecule has 3 heteroatoms. The van der Waals surface area contributed by atoms with E-state index >= 15 is 0 Å². The van der Waals surface area contributed by atoms with E-state index in [9.17, 15) is 5.11 Å². The molecule has 2 atom stereocenters. The number of rotatable bonds is 5. The molecule has 0 saturated carbocycles. The zero-order chi connectivity index (χ0) is 13.9. The fourth-order valence-electron chi connectivity index (χ4n) is 3.23. The molecular formula is C16H28O3. The molecule has 0 aromatic carbocycles. The molecule has 0 aromatic heterocycles. The smallest absolute Gasteiger partial charge is 0.160 e. The molecule has 1 fully saturated rings. The topological polar surface area (TPSA) is 38.7 Å². The molecule has 19 heavy (non-hydrogen) atoms. The molecule has 1 saturated heterocycles. The molecule has 1 heterocycles. The Morgan fingerprint density at radius 1 is 1.37 bits per heavy atom. The normalized spacial score (nSPS) is 27.4. The molecule has 0 spiro atoms. The fraction of sp³-hybridized carbons (Fsp3) is 0.875. The van der Waals surface area contributed by atoms with Crippen molar-refractivity contribution in [3.05, 3.63) is 11.6 Å². The van der Waals surface area contributed by atoms with Gasteiger partial charge in [0.15, 0.2) is 6.29 Å². The number of hydrogen-bond acceptors (Lipinski definition) is 3. The predicted molar refractivity (Wildman–Crippen MR) is 75.8 cm³/mol. The highest BCUT2D eigenvalue weighted by Crippen LogP contribution is 2.33. The van der Waals surface area contributed by atoms with Crippen LogP contribution in [0, 0.1) is 11.8 Å². The number of ether oxygens (including phenoxy) is 2. The van der Waals surface area contributed by atoms with Gasteiger partial charge in [-0.1, -0.05) is 18.6 Å². The molecule has 2 aliphatic rings.